The van der Waals surface area contributed by atoms with Crippen molar-refractivity contribution in [2.45, 2.75) is 70.3 Å². The Morgan fingerprint density at radius 2 is 1.80 bits per heavy atom. The van der Waals surface area contributed by atoms with Crippen LogP contribution in [0.1, 0.15) is 64.7 Å². The Morgan fingerprint density at radius 1 is 1.10 bits per heavy atom. The maximum atomic E-state index is 13.1. The van der Waals surface area contributed by atoms with Crippen molar-refractivity contribution >= 4 is 5.78 Å². The molecule has 0 heterocycles. The molecule has 0 aromatic rings. The number of nitrogens with zero attached hydrogens (tertiary/aromatic N) is 1. The number of fused-ring (bicyclic) bond motifs is 2. The van der Waals surface area contributed by atoms with E-state index >= 15 is 0 Å². The van der Waals surface area contributed by atoms with Crippen molar-refractivity contribution in [3.8, 4) is 0 Å². The van der Waals surface area contributed by atoms with Gasteiger partial charge in [-0.25, -0.2) is 0 Å². The van der Waals surface area contributed by atoms with Gasteiger partial charge in [0.2, 0.25) is 0 Å². The van der Waals surface area contributed by atoms with E-state index in [-0.39, 0.29) is 5.54 Å². The molecule has 3 aliphatic rings. The van der Waals surface area contributed by atoms with Crippen LogP contribution in [0.5, 0.6) is 0 Å². The normalized spacial score (nSPS) is 44.2. The average Bonchev–Trinajstić information content (AvgIpc) is 3.01. The van der Waals surface area contributed by atoms with Crippen LogP contribution < -0.4 is 0 Å². The second kappa shape index (κ2) is 5.44. The summed E-state index contributed by atoms with van der Waals surface area (Å²) in [6.45, 7) is 2.33. The van der Waals surface area contributed by atoms with E-state index in [0.29, 0.717) is 5.78 Å². The maximum absolute atomic E-state index is 13.1. The van der Waals surface area contributed by atoms with Gasteiger partial charge < -0.3 is 0 Å². The van der Waals surface area contributed by atoms with Gasteiger partial charge in [-0.05, 0) is 82.7 Å². The van der Waals surface area contributed by atoms with E-state index in [1.165, 1.54) is 38.5 Å². The minimum atomic E-state index is -0.131. The van der Waals surface area contributed by atoms with Crippen molar-refractivity contribution in [2.24, 2.45) is 23.7 Å². The summed E-state index contributed by atoms with van der Waals surface area (Å²) in [6.07, 6.45) is 11.1. The lowest BCUT2D eigenvalue weighted by Crippen LogP contribution is -2.53. The van der Waals surface area contributed by atoms with E-state index in [4.69, 9.17) is 0 Å². The number of likely N-dealkylation sites (N-methyl/N-ethyl adjacent to an activating group) is 1. The fraction of sp³-hybridized carbons (Fsp3) is 0.944. The van der Waals surface area contributed by atoms with Gasteiger partial charge in [0.05, 0.1) is 5.54 Å². The Balaban J connectivity index is 1.67. The number of Topliss-reactive ketones (excluding diaryl/α,β-unsaturated/α-hetero) is 1. The van der Waals surface area contributed by atoms with Gasteiger partial charge in [-0.15, -0.1) is 0 Å². The summed E-state index contributed by atoms with van der Waals surface area (Å²) in [5.74, 6) is 3.92. The number of hydrogen-bond donors (Lipinski definition) is 0. The van der Waals surface area contributed by atoms with Gasteiger partial charge in [0.15, 0.2) is 5.78 Å². The third-order valence-corrected chi connectivity index (χ3v) is 6.81. The summed E-state index contributed by atoms with van der Waals surface area (Å²) in [5, 5.41) is 0. The third-order valence-electron chi connectivity index (χ3n) is 6.81. The lowest BCUT2D eigenvalue weighted by Gasteiger charge is -2.44. The molecule has 0 aliphatic heterocycles. The van der Waals surface area contributed by atoms with Crippen molar-refractivity contribution < 1.29 is 4.79 Å². The number of rotatable bonds is 4. The van der Waals surface area contributed by atoms with Crippen molar-refractivity contribution in [1.29, 1.82) is 0 Å². The van der Waals surface area contributed by atoms with E-state index in [1.807, 2.05) is 0 Å². The van der Waals surface area contributed by atoms with Crippen LogP contribution in [-0.4, -0.2) is 30.3 Å². The molecular formula is C18H31NO. The minimum Gasteiger partial charge on any atom is -0.298 e. The first-order valence-corrected chi connectivity index (χ1v) is 8.72. The van der Waals surface area contributed by atoms with Crippen LogP contribution in [0.15, 0.2) is 0 Å². The average molecular weight is 277 g/mol. The zero-order valence-electron chi connectivity index (χ0n) is 13.5. The zero-order chi connectivity index (χ0) is 14.3. The van der Waals surface area contributed by atoms with Gasteiger partial charge in [-0.1, -0.05) is 13.3 Å². The quantitative estimate of drug-likeness (QED) is 0.777. The second-order valence-corrected chi connectivity index (χ2v) is 8.17. The number of hydrogen-bond acceptors (Lipinski definition) is 2. The molecule has 3 saturated carbocycles. The molecule has 0 N–H and O–H groups in total. The lowest BCUT2D eigenvalue weighted by atomic mass is 9.71. The van der Waals surface area contributed by atoms with Gasteiger partial charge in [-0.2, -0.15) is 0 Å². The Kier molecular flexibility index (Phi) is 3.96. The standard InChI is InChI=1S/C18H31NO/c1-13-6-8-18(9-7-13,19(2)3)17(20)12-16-11-14-4-5-15(16)10-14/h13-16H,4-12H2,1-3H3. The number of ketones is 1. The Labute approximate surface area is 124 Å². The van der Waals surface area contributed by atoms with Gasteiger partial charge in [0.1, 0.15) is 0 Å². The van der Waals surface area contributed by atoms with Crippen LogP contribution in [0.2, 0.25) is 0 Å². The predicted octanol–water partition coefficient (Wildman–Crippen LogP) is 3.89. The van der Waals surface area contributed by atoms with Crippen molar-refractivity contribution in [1.82, 2.24) is 4.90 Å². The molecule has 2 bridgehead atoms. The van der Waals surface area contributed by atoms with Gasteiger partial charge in [-0.3, -0.25) is 9.69 Å². The molecule has 0 spiro atoms. The van der Waals surface area contributed by atoms with Crippen molar-refractivity contribution in [3.63, 3.8) is 0 Å². The zero-order valence-corrected chi connectivity index (χ0v) is 13.5. The summed E-state index contributed by atoms with van der Waals surface area (Å²) in [7, 11) is 4.24. The number of carbonyl (C=O) groups excluding carboxylic acids is 1. The summed E-state index contributed by atoms with van der Waals surface area (Å²) in [4.78, 5) is 15.3. The molecular weight excluding hydrogens is 246 g/mol. The van der Waals surface area contributed by atoms with Gasteiger partial charge in [0.25, 0.3) is 0 Å². The highest BCUT2D eigenvalue weighted by Gasteiger charge is 2.46. The fourth-order valence-corrected chi connectivity index (χ4v) is 5.27. The first kappa shape index (κ1) is 14.6. The topological polar surface area (TPSA) is 20.3 Å². The Hall–Kier alpha value is -0.370. The summed E-state index contributed by atoms with van der Waals surface area (Å²) >= 11 is 0. The Bertz CT molecular complexity index is 368. The lowest BCUT2D eigenvalue weighted by molar-refractivity contribution is -0.133. The molecule has 3 unspecified atom stereocenters. The molecule has 0 radical (unpaired) electrons. The molecule has 3 aliphatic carbocycles. The van der Waals surface area contributed by atoms with Crippen LogP contribution in [0.4, 0.5) is 0 Å². The second-order valence-electron chi connectivity index (χ2n) is 8.17. The van der Waals surface area contributed by atoms with E-state index in [2.05, 4.69) is 25.9 Å². The number of carbonyl (C=O) groups is 1. The molecule has 3 rings (SSSR count). The summed E-state index contributed by atoms with van der Waals surface area (Å²) < 4.78 is 0. The van der Waals surface area contributed by atoms with E-state index in [1.54, 1.807) is 0 Å². The van der Waals surface area contributed by atoms with E-state index in [0.717, 1.165) is 42.9 Å². The fourth-order valence-electron chi connectivity index (χ4n) is 5.27. The maximum Gasteiger partial charge on any atom is 0.153 e. The molecule has 0 aromatic heterocycles. The monoisotopic (exact) mass is 277 g/mol. The van der Waals surface area contributed by atoms with E-state index < -0.39 is 0 Å². The molecule has 2 heteroatoms. The van der Waals surface area contributed by atoms with Crippen LogP contribution in [0.25, 0.3) is 0 Å². The van der Waals surface area contributed by atoms with Crippen LogP contribution in [0, 0.1) is 23.7 Å². The van der Waals surface area contributed by atoms with Crippen molar-refractivity contribution in [2.75, 3.05) is 14.1 Å². The summed E-state index contributed by atoms with van der Waals surface area (Å²) in [6, 6.07) is 0. The predicted molar refractivity (Wildman–Crippen MR) is 82.6 cm³/mol. The molecule has 0 aromatic carbocycles. The Morgan fingerprint density at radius 3 is 2.30 bits per heavy atom. The first-order valence-electron chi connectivity index (χ1n) is 8.72. The minimum absolute atomic E-state index is 0.131. The van der Waals surface area contributed by atoms with E-state index in [9.17, 15) is 4.79 Å². The highest BCUT2D eigenvalue weighted by atomic mass is 16.1. The highest BCUT2D eigenvalue weighted by Crippen LogP contribution is 2.50. The third kappa shape index (κ3) is 2.45. The SMILES string of the molecule is CC1CCC(C(=O)CC2CC3CCC2C3)(N(C)C)CC1. The summed E-state index contributed by atoms with van der Waals surface area (Å²) in [5.41, 5.74) is -0.131. The van der Waals surface area contributed by atoms with Crippen LogP contribution in [-0.2, 0) is 4.79 Å². The molecule has 114 valence electrons. The van der Waals surface area contributed by atoms with Gasteiger partial charge in [0, 0.05) is 6.42 Å². The molecule has 2 nitrogen and oxygen atoms in total. The smallest absolute Gasteiger partial charge is 0.153 e. The molecule has 0 amide bonds. The van der Waals surface area contributed by atoms with Gasteiger partial charge >= 0.3 is 0 Å². The first-order chi connectivity index (χ1) is 9.51. The van der Waals surface area contributed by atoms with Crippen LogP contribution in [0.3, 0.4) is 0 Å². The highest BCUT2D eigenvalue weighted by molar-refractivity contribution is 5.88. The molecule has 3 atom stereocenters. The largest absolute Gasteiger partial charge is 0.298 e. The molecule has 3 fully saturated rings. The molecule has 20 heavy (non-hydrogen) atoms. The van der Waals surface area contributed by atoms with Crippen LogP contribution >= 0.6 is 0 Å². The molecule has 0 saturated heterocycles. The van der Waals surface area contributed by atoms with Crippen molar-refractivity contribution in [3.05, 3.63) is 0 Å².